The van der Waals surface area contributed by atoms with Gasteiger partial charge in [0, 0.05) is 12.2 Å². The number of hydrogen-bond acceptors (Lipinski definition) is 3. The summed E-state index contributed by atoms with van der Waals surface area (Å²) >= 11 is 0. The Kier molecular flexibility index (Phi) is 5.86. The molecule has 0 spiro atoms. The molecular weight excluding hydrogens is 250 g/mol. The lowest BCUT2D eigenvalue weighted by atomic mass is 9.98. The highest BCUT2D eigenvalue weighted by Crippen LogP contribution is 2.33. The van der Waals surface area contributed by atoms with Gasteiger partial charge in [0.1, 0.15) is 18.5 Å². The van der Waals surface area contributed by atoms with Gasteiger partial charge in [-0.3, -0.25) is 0 Å². The van der Waals surface area contributed by atoms with Gasteiger partial charge in [-0.05, 0) is 31.4 Å². The van der Waals surface area contributed by atoms with Crippen LogP contribution < -0.4 is 10.1 Å². The Morgan fingerprint density at radius 1 is 1.35 bits per heavy atom. The summed E-state index contributed by atoms with van der Waals surface area (Å²) in [6, 6.07) is 8.49. The molecule has 1 aromatic carbocycles. The molecule has 0 bridgehead atoms. The first-order chi connectivity index (χ1) is 9.72. The van der Waals surface area contributed by atoms with Gasteiger partial charge in [-0.1, -0.05) is 39.0 Å². The molecule has 20 heavy (non-hydrogen) atoms. The second kappa shape index (κ2) is 7.65. The summed E-state index contributed by atoms with van der Waals surface area (Å²) in [5.41, 5.74) is 1.22. The Morgan fingerprint density at radius 2 is 2.15 bits per heavy atom. The van der Waals surface area contributed by atoms with Gasteiger partial charge in [-0.2, -0.15) is 0 Å². The Morgan fingerprint density at radius 3 is 2.90 bits per heavy atom. The molecule has 1 aromatic rings. The summed E-state index contributed by atoms with van der Waals surface area (Å²) in [6.45, 7) is 9.02. The lowest BCUT2D eigenvalue weighted by Gasteiger charge is -2.34. The summed E-state index contributed by atoms with van der Waals surface area (Å²) in [5.74, 6) is 1.73. The van der Waals surface area contributed by atoms with E-state index >= 15 is 0 Å². The van der Waals surface area contributed by atoms with Crippen LogP contribution in [0.2, 0.25) is 0 Å². The molecule has 112 valence electrons. The lowest BCUT2D eigenvalue weighted by molar-refractivity contribution is -0.0171. The molecule has 3 nitrogen and oxygen atoms in total. The highest BCUT2D eigenvalue weighted by atomic mass is 16.5. The molecule has 3 heteroatoms. The summed E-state index contributed by atoms with van der Waals surface area (Å²) in [6.07, 6.45) is 2.45. The van der Waals surface area contributed by atoms with Gasteiger partial charge < -0.3 is 14.8 Å². The van der Waals surface area contributed by atoms with E-state index in [1.807, 2.05) is 12.1 Å². The predicted octanol–water partition coefficient (Wildman–Crippen LogP) is 3.55. The predicted molar refractivity (Wildman–Crippen MR) is 82.2 cm³/mol. The second-order valence-corrected chi connectivity index (χ2v) is 5.83. The fourth-order valence-corrected chi connectivity index (χ4v) is 2.67. The Balaban J connectivity index is 1.95. The van der Waals surface area contributed by atoms with Crippen LogP contribution in [0.5, 0.6) is 5.75 Å². The number of benzene rings is 1. The molecule has 1 aliphatic rings. The number of nitrogens with one attached hydrogen (secondary N) is 1. The van der Waals surface area contributed by atoms with Gasteiger partial charge >= 0.3 is 0 Å². The molecule has 2 atom stereocenters. The number of hydrogen-bond donors (Lipinski definition) is 1. The zero-order valence-corrected chi connectivity index (χ0v) is 12.9. The zero-order valence-electron chi connectivity index (χ0n) is 12.9. The first kappa shape index (κ1) is 15.3. The fourth-order valence-electron chi connectivity index (χ4n) is 2.67. The number of rotatable bonds is 7. The van der Waals surface area contributed by atoms with Gasteiger partial charge in [0.2, 0.25) is 0 Å². The van der Waals surface area contributed by atoms with Crippen LogP contribution >= 0.6 is 0 Å². The third-order valence-electron chi connectivity index (χ3n) is 3.71. The van der Waals surface area contributed by atoms with Crippen molar-refractivity contribution >= 4 is 0 Å². The van der Waals surface area contributed by atoms with E-state index in [4.69, 9.17) is 9.47 Å². The Bertz CT molecular complexity index is 406. The van der Waals surface area contributed by atoms with Crippen LogP contribution in [0.4, 0.5) is 0 Å². The standard InChI is InChI=1S/C17H27NO2/c1-4-18-17-14-9-5-6-10-15(14)20-12-16(17)19-11-7-8-13(2)3/h5-6,9-10,13,16-18H,4,7-8,11-12H2,1-3H3. The molecule has 2 rings (SSSR count). The van der Waals surface area contributed by atoms with Crippen molar-refractivity contribution in [2.45, 2.75) is 45.8 Å². The normalized spacial score (nSPS) is 21.6. The summed E-state index contributed by atoms with van der Waals surface area (Å²) < 4.78 is 11.9. The van der Waals surface area contributed by atoms with Crippen molar-refractivity contribution in [2.75, 3.05) is 19.8 Å². The van der Waals surface area contributed by atoms with Gasteiger partial charge in [0.05, 0.1) is 6.04 Å². The minimum absolute atomic E-state index is 0.108. The van der Waals surface area contributed by atoms with Crippen LogP contribution in [0.3, 0.4) is 0 Å². The smallest absolute Gasteiger partial charge is 0.124 e. The summed E-state index contributed by atoms with van der Waals surface area (Å²) in [4.78, 5) is 0. The molecule has 0 fully saturated rings. The van der Waals surface area contributed by atoms with Crippen molar-refractivity contribution in [3.8, 4) is 5.75 Å². The topological polar surface area (TPSA) is 30.5 Å². The summed E-state index contributed by atoms with van der Waals surface area (Å²) in [5, 5.41) is 3.54. The third kappa shape index (κ3) is 3.97. The van der Waals surface area contributed by atoms with Crippen LogP contribution in [0.25, 0.3) is 0 Å². The number of ether oxygens (including phenoxy) is 2. The quantitative estimate of drug-likeness (QED) is 0.773. The largest absolute Gasteiger partial charge is 0.490 e. The third-order valence-corrected chi connectivity index (χ3v) is 3.71. The molecule has 0 radical (unpaired) electrons. The molecule has 0 aromatic heterocycles. The van der Waals surface area contributed by atoms with Gasteiger partial charge in [0.15, 0.2) is 0 Å². The minimum Gasteiger partial charge on any atom is -0.490 e. The van der Waals surface area contributed by atoms with Gasteiger partial charge in [-0.15, -0.1) is 0 Å². The van der Waals surface area contributed by atoms with E-state index in [2.05, 4.69) is 38.2 Å². The van der Waals surface area contributed by atoms with Crippen molar-refractivity contribution in [3.63, 3.8) is 0 Å². The average molecular weight is 277 g/mol. The maximum absolute atomic E-state index is 6.07. The molecule has 0 saturated heterocycles. The van der Waals surface area contributed by atoms with E-state index in [0.29, 0.717) is 6.61 Å². The molecule has 0 amide bonds. The first-order valence-electron chi connectivity index (χ1n) is 7.79. The highest BCUT2D eigenvalue weighted by molar-refractivity contribution is 5.38. The van der Waals surface area contributed by atoms with Crippen LogP contribution in [-0.4, -0.2) is 25.9 Å². The minimum atomic E-state index is 0.108. The monoisotopic (exact) mass is 277 g/mol. The maximum atomic E-state index is 6.07. The van der Waals surface area contributed by atoms with E-state index < -0.39 is 0 Å². The molecule has 2 unspecified atom stereocenters. The number of fused-ring (bicyclic) bond motifs is 1. The molecule has 1 N–H and O–H groups in total. The molecular formula is C17H27NO2. The Labute approximate surface area is 122 Å². The van der Waals surface area contributed by atoms with E-state index in [9.17, 15) is 0 Å². The fraction of sp³-hybridized carbons (Fsp3) is 0.647. The molecule has 1 heterocycles. The maximum Gasteiger partial charge on any atom is 0.124 e. The summed E-state index contributed by atoms with van der Waals surface area (Å²) in [7, 11) is 0. The second-order valence-electron chi connectivity index (χ2n) is 5.83. The van der Waals surface area contributed by atoms with E-state index in [0.717, 1.165) is 31.2 Å². The van der Waals surface area contributed by atoms with Crippen molar-refractivity contribution in [1.29, 1.82) is 0 Å². The lowest BCUT2D eigenvalue weighted by Crippen LogP contribution is -2.41. The van der Waals surface area contributed by atoms with Crippen molar-refractivity contribution in [1.82, 2.24) is 5.32 Å². The molecule has 0 saturated carbocycles. The highest BCUT2D eigenvalue weighted by Gasteiger charge is 2.30. The molecule has 0 aliphatic carbocycles. The van der Waals surface area contributed by atoms with E-state index in [-0.39, 0.29) is 12.1 Å². The first-order valence-corrected chi connectivity index (χ1v) is 7.79. The van der Waals surface area contributed by atoms with E-state index in [1.165, 1.54) is 12.0 Å². The van der Waals surface area contributed by atoms with Crippen molar-refractivity contribution < 1.29 is 9.47 Å². The SMILES string of the molecule is CCNC1c2ccccc2OCC1OCCCC(C)C. The van der Waals surface area contributed by atoms with E-state index in [1.54, 1.807) is 0 Å². The Hall–Kier alpha value is -1.06. The molecule has 1 aliphatic heterocycles. The average Bonchev–Trinajstić information content (AvgIpc) is 2.45. The zero-order chi connectivity index (χ0) is 14.4. The van der Waals surface area contributed by atoms with Crippen LogP contribution in [0, 0.1) is 5.92 Å². The number of likely N-dealkylation sites (N-methyl/N-ethyl adjacent to an activating group) is 1. The van der Waals surface area contributed by atoms with Crippen LogP contribution in [0.15, 0.2) is 24.3 Å². The van der Waals surface area contributed by atoms with Crippen LogP contribution in [-0.2, 0) is 4.74 Å². The van der Waals surface area contributed by atoms with Gasteiger partial charge in [0.25, 0.3) is 0 Å². The number of para-hydroxylation sites is 1. The van der Waals surface area contributed by atoms with Crippen molar-refractivity contribution in [2.24, 2.45) is 5.92 Å². The van der Waals surface area contributed by atoms with Crippen molar-refractivity contribution in [3.05, 3.63) is 29.8 Å². The van der Waals surface area contributed by atoms with Crippen LogP contribution in [0.1, 0.15) is 45.2 Å². The van der Waals surface area contributed by atoms with Gasteiger partial charge in [-0.25, -0.2) is 0 Å².